The van der Waals surface area contributed by atoms with Crippen LogP contribution in [0.2, 0.25) is 0 Å². The van der Waals surface area contributed by atoms with E-state index in [0.717, 1.165) is 5.71 Å². The lowest BCUT2D eigenvalue weighted by Gasteiger charge is -2.29. The number of hydrogen-bond donors (Lipinski definition) is 0. The van der Waals surface area contributed by atoms with E-state index < -0.39 is 0 Å². The van der Waals surface area contributed by atoms with Gasteiger partial charge in [0, 0.05) is 0 Å². The van der Waals surface area contributed by atoms with Gasteiger partial charge in [-0.05, 0) is 31.9 Å². The first-order valence-corrected chi connectivity index (χ1v) is 3.96. The summed E-state index contributed by atoms with van der Waals surface area (Å²) in [6, 6.07) is 0. The first kappa shape index (κ1) is 8.31. The maximum Gasteiger partial charge on any atom is 0.155 e. The zero-order valence-electron chi connectivity index (χ0n) is 7.59. The second kappa shape index (κ2) is 2.68. The fourth-order valence-electron chi connectivity index (χ4n) is 0.815. The van der Waals surface area contributed by atoms with Gasteiger partial charge in [0.15, 0.2) is 5.60 Å². The molecule has 1 atom stereocenters. The lowest BCUT2D eigenvalue weighted by atomic mass is 9.91. The van der Waals surface area contributed by atoms with Crippen molar-refractivity contribution in [2.45, 2.75) is 33.3 Å². The Morgan fingerprint density at radius 3 is 2.55 bits per heavy atom. The van der Waals surface area contributed by atoms with Crippen molar-refractivity contribution < 1.29 is 4.84 Å². The van der Waals surface area contributed by atoms with Crippen LogP contribution in [0.15, 0.2) is 17.3 Å². The molecule has 0 N–H and O–H groups in total. The fraction of sp³-hybridized carbons (Fsp3) is 0.667. The van der Waals surface area contributed by atoms with Crippen LogP contribution >= 0.6 is 0 Å². The van der Waals surface area contributed by atoms with Crippen LogP contribution < -0.4 is 0 Å². The van der Waals surface area contributed by atoms with Gasteiger partial charge in [0.05, 0.1) is 5.71 Å². The molecule has 1 heterocycles. The highest BCUT2D eigenvalue weighted by molar-refractivity contribution is 5.92. The van der Waals surface area contributed by atoms with E-state index in [1.807, 2.05) is 19.9 Å². The third-order valence-electron chi connectivity index (χ3n) is 2.19. The molecule has 2 nitrogen and oxygen atoms in total. The summed E-state index contributed by atoms with van der Waals surface area (Å²) in [5.74, 6) is 0.454. The van der Waals surface area contributed by atoms with Crippen LogP contribution in [0.1, 0.15) is 27.7 Å². The van der Waals surface area contributed by atoms with Gasteiger partial charge in [0.2, 0.25) is 0 Å². The lowest BCUT2D eigenvalue weighted by molar-refractivity contribution is -0.0269. The normalized spacial score (nSPS) is 30.1. The predicted octanol–water partition coefficient (Wildman–Crippen LogP) is 2.36. The van der Waals surface area contributed by atoms with Crippen LogP contribution in [0.3, 0.4) is 0 Å². The number of nitrogens with zero attached hydrogens (tertiary/aromatic N) is 1. The van der Waals surface area contributed by atoms with E-state index in [4.69, 9.17) is 4.84 Å². The SMILES string of the molecule is CC1=NOC(C)(C(C)C)C=C1. The minimum absolute atomic E-state index is 0.209. The second-order valence-corrected chi connectivity index (χ2v) is 3.50. The molecule has 11 heavy (non-hydrogen) atoms. The molecule has 1 rings (SSSR count). The highest BCUT2D eigenvalue weighted by atomic mass is 16.6. The van der Waals surface area contributed by atoms with E-state index in [2.05, 4.69) is 25.1 Å². The average molecular weight is 153 g/mol. The summed E-state index contributed by atoms with van der Waals surface area (Å²) < 4.78 is 0. The maximum atomic E-state index is 5.34. The Morgan fingerprint density at radius 2 is 2.18 bits per heavy atom. The summed E-state index contributed by atoms with van der Waals surface area (Å²) in [5.41, 5.74) is 0.725. The maximum absolute atomic E-state index is 5.34. The van der Waals surface area contributed by atoms with Crippen molar-refractivity contribution in [2.75, 3.05) is 0 Å². The minimum atomic E-state index is -0.209. The summed E-state index contributed by atoms with van der Waals surface area (Å²) >= 11 is 0. The van der Waals surface area contributed by atoms with Gasteiger partial charge in [0.25, 0.3) is 0 Å². The Morgan fingerprint density at radius 1 is 1.55 bits per heavy atom. The Hall–Kier alpha value is -0.790. The summed E-state index contributed by atoms with van der Waals surface area (Å²) in [7, 11) is 0. The molecule has 1 aliphatic rings. The first-order valence-electron chi connectivity index (χ1n) is 3.96. The van der Waals surface area contributed by atoms with Gasteiger partial charge < -0.3 is 4.84 Å². The van der Waals surface area contributed by atoms with Crippen molar-refractivity contribution in [1.29, 1.82) is 0 Å². The zero-order chi connectivity index (χ0) is 8.48. The van der Waals surface area contributed by atoms with Crippen LogP contribution in [-0.2, 0) is 4.84 Å². The smallest absolute Gasteiger partial charge is 0.155 e. The number of oxime groups is 1. The summed E-state index contributed by atoms with van der Waals surface area (Å²) in [4.78, 5) is 5.34. The van der Waals surface area contributed by atoms with E-state index in [9.17, 15) is 0 Å². The summed E-state index contributed by atoms with van der Waals surface area (Å²) in [6.45, 7) is 8.22. The highest BCUT2D eigenvalue weighted by Crippen LogP contribution is 2.25. The molecule has 0 aromatic rings. The molecule has 1 aliphatic heterocycles. The van der Waals surface area contributed by atoms with E-state index in [1.165, 1.54) is 0 Å². The van der Waals surface area contributed by atoms with Crippen LogP contribution in [-0.4, -0.2) is 11.3 Å². The molecule has 0 saturated heterocycles. The third-order valence-corrected chi connectivity index (χ3v) is 2.19. The average Bonchev–Trinajstić information content (AvgIpc) is 1.95. The topological polar surface area (TPSA) is 21.6 Å². The molecule has 2 heteroatoms. The number of allylic oxidation sites excluding steroid dienone is 1. The molecule has 0 bridgehead atoms. The molecular weight excluding hydrogens is 138 g/mol. The molecular formula is C9H15NO. The van der Waals surface area contributed by atoms with Gasteiger partial charge in [-0.1, -0.05) is 19.0 Å². The number of hydrogen-bond acceptors (Lipinski definition) is 2. The predicted molar refractivity (Wildman–Crippen MR) is 46.6 cm³/mol. The second-order valence-electron chi connectivity index (χ2n) is 3.50. The third kappa shape index (κ3) is 1.62. The Labute approximate surface area is 67.9 Å². The van der Waals surface area contributed by atoms with Gasteiger partial charge >= 0.3 is 0 Å². The van der Waals surface area contributed by atoms with E-state index in [0.29, 0.717) is 5.92 Å². The van der Waals surface area contributed by atoms with Crippen LogP contribution in [0.4, 0.5) is 0 Å². The van der Waals surface area contributed by atoms with Crippen LogP contribution in [0, 0.1) is 5.92 Å². The molecule has 0 saturated carbocycles. The molecule has 0 radical (unpaired) electrons. The molecule has 0 fully saturated rings. The van der Waals surface area contributed by atoms with Crippen molar-refractivity contribution in [3.05, 3.63) is 12.2 Å². The van der Waals surface area contributed by atoms with E-state index >= 15 is 0 Å². The van der Waals surface area contributed by atoms with E-state index in [-0.39, 0.29) is 5.60 Å². The van der Waals surface area contributed by atoms with Crippen molar-refractivity contribution in [3.8, 4) is 0 Å². The Kier molecular flexibility index (Phi) is 2.03. The monoisotopic (exact) mass is 153 g/mol. The molecule has 62 valence electrons. The van der Waals surface area contributed by atoms with Gasteiger partial charge in [0.1, 0.15) is 0 Å². The molecule has 0 spiro atoms. The first-order chi connectivity index (χ1) is 5.04. The van der Waals surface area contributed by atoms with Crippen molar-refractivity contribution in [2.24, 2.45) is 11.1 Å². The Balaban J connectivity index is 2.74. The Bertz CT molecular complexity index is 206. The molecule has 0 amide bonds. The zero-order valence-corrected chi connectivity index (χ0v) is 7.59. The van der Waals surface area contributed by atoms with Crippen LogP contribution in [0.5, 0.6) is 0 Å². The highest BCUT2D eigenvalue weighted by Gasteiger charge is 2.29. The minimum Gasteiger partial charge on any atom is -0.385 e. The molecule has 0 aromatic carbocycles. The quantitative estimate of drug-likeness (QED) is 0.566. The summed E-state index contributed by atoms with van der Waals surface area (Å²) in [6.07, 6.45) is 4.07. The lowest BCUT2D eigenvalue weighted by Crippen LogP contribution is -2.32. The largest absolute Gasteiger partial charge is 0.385 e. The van der Waals surface area contributed by atoms with Crippen LogP contribution in [0.25, 0.3) is 0 Å². The van der Waals surface area contributed by atoms with Gasteiger partial charge in [-0.3, -0.25) is 0 Å². The van der Waals surface area contributed by atoms with Crippen molar-refractivity contribution in [1.82, 2.24) is 0 Å². The fourth-order valence-corrected chi connectivity index (χ4v) is 0.815. The van der Waals surface area contributed by atoms with Crippen molar-refractivity contribution >= 4 is 5.71 Å². The van der Waals surface area contributed by atoms with Gasteiger partial charge in [-0.25, -0.2) is 0 Å². The standard InChI is InChI=1S/C9H15NO/c1-7(2)9(4)6-5-8(3)10-11-9/h5-7H,1-4H3. The molecule has 0 aromatic heterocycles. The van der Waals surface area contributed by atoms with Gasteiger partial charge in [-0.15, -0.1) is 0 Å². The van der Waals surface area contributed by atoms with E-state index in [1.54, 1.807) is 0 Å². The summed E-state index contributed by atoms with van der Waals surface area (Å²) in [5, 5.41) is 3.93. The van der Waals surface area contributed by atoms with Gasteiger partial charge in [-0.2, -0.15) is 0 Å². The number of rotatable bonds is 1. The molecule has 1 unspecified atom stereocenters. The molecule has 0 aliphatic carbocycles. The van der Waals surface area contributed by atoms with Crippen molar-refractivity contribution in [3.63, 3.8) is 0 Å².